The van der Waals surface area contributed by atoms with E-state index in [2.05, 4.69) is 5.43 Å². The number of nitrogens with one attached hydrogen (secondary N) is 1. The number of hydrogen-bond acceptors (Lipinski definition) is 2. The number of halogens is 1. The summed E-state index contributed by atoms with van der Waals surface area (Å²) in [5.74, 6) is 5.19. The number of hydrazine groups is 1. The molecule has 0 amide bonds. The summed E-state index contributed by atoms with van der Waals surface area (Å²) in [4.78, 5) is 0. The van der Waals surface area contributed by atoms with Crippen LogP contribution in [0.2, 0.25) is 0 Å². The number of rotatable bonds is 2. The topological polar surface area (TPSA) is 38.0 Å². The van der Waals surface area contributed by atoms with Crippen LogP contribution in [0.25, 0.3) is 0 Å². The van der Waals surface area contributed by atoms with E-state index in [4.69, 9.17) is 5.84 Å². The Morgan fingerprint density at radius 1 is 1.25 bits per heavy atom. The van der Waals surface area contributed by atoms with Gasteiger partial charge in [-0.15, -0.1) is 0 Å². The molecule has 3 heteroatoms. The van der Waals surface area contributed by atoms with E-state index >= 15 is 0 Å². The molecule has 1 fully saturated rings. The second-order valence-electron chi connectivity index (χ2n) is 3.23. The third kappa shape index (κ3) is 1.11. The van der Waals surface area contributed by atoms with E-state index in [1.165, 1.54) is 12.1 Å². The molecule has 0 spiro atoms. The van der Waals surface area contributed by atoms with Gasteiger partial charge < -0.3 is 0 Å². The lowest BCUT2D eigenvalue weighted by molar-refractivity contribution is 0.539. The van der Waals surface area contributed by atoms with Crippen molar-refractivity contribution in [2.24, 2.45) is 5.84 Å². The Hall–Kier alpha value is -0.930. The minimum absolute atomic E-state index is 0.0618. The van der Waals surface area contributed by atoms with E-state index in [9.17, 15) is 4.39 Å². The Labute approximate surface area is 70.5 Å². The van der Waals surface area contributed by atoms with Crippen LogP contribution in [0, 0.1) is 5.82 Å². The van der Waals surface area contributed by atoms with Crippen LogP contribution in [0.3, 0.4) is 0 Å². The van der Waals surface area contributed by atoms with Gasteiger partial charge in [-0.2, -0.15) is 0 Å². The maximum atomic E-state index is 12.5. The van der Waals surface area contributed by atoms with Crippen molar-refractivity contribution in [1.29, 1.82) is 0 Å². The highest BCUT2D eigenvalue weighted by Crippen LogP contribution is 2.44. The first kappa shape index (κ1) is 7.71. The van der Waals surface area contributed by atoms with Gasteiger partial charge in [-0.05, 0) is 30.5 Å². The first-order valence-electron chi connectivity index (χ1n) is 4.01. The van der Waals surface area contributed by atoms with Gasteiger partial charge in [-0.3, -0.25) is 5.84 Å². The van der Waals surface area contributed by atoms with Gasteiger partial charge in [0.15, 0.2) is 0 Å². The molecule has 2 nitrogen and oxygen atoms in total. The molecule has 0 unspecified atom stereocenters. The lowest BCUT2D eigenvalue weighted by Gasteiger charge is -2.13. The minimum atomic E-state index is -0.202. The van der Waals surface area contributed by atoms with Gasteiger partial charge in [0.1, 0.15) is 5.82 Å². The van der Waals surface area contributed by atoms with Crippen LogP contribution in [0.1, 0.15) is 18.4 Å². The zero-order chi connectivity index (χ0) is 8.60. The molecular formula is C9H11FN2. The van der Waals surface area contributed by atoms with Crippen molar-refractivity contribution >= 4 is 0 Å². The summed E-state index contributed by atoms with van der Waals surface area (Å²) in [6.45, 7) is 0. The SMILES string of the molecule is NNC1(c2ccc(F)cc2)CC1. The van der Waals surface area contributed by atoms with Gasteiger partial charge in [0, 0.05) is 0 Å². The summed E-state index contributed by atoms with van der Waals surface area (Å²) in [6, 6.07) is 6.49. The van der Waals surface area contributed by atoms with Gasteiger partial charge in [-0.1, -0.05) is 12.1 Å². The molecule has 1 saturated carbocycles. The fourth-order valence-corrected chi connectivity index (χ4v) is 1.41. The van der Waals surface area contributed by atoms with Gasteiger partial charge in [0.2, 0.25) is 0 Å². The standard InChI is InChI=1S/C9H11FN2/c10-8-3-1-7(2-4-8)9(12-11)5-6-9/h1-4,12H,5-6,11H2. The summed E-state index contributed by atoms with van der Waals surface area (Å²) in [7, 11) is 0. The highest BCUT2D eigenvalue weighted by atomic mass is 19.1. The van der Waals surface area contributed by atoms with E-state index in [0.717, 1.165) is 18.4 Å². The Morgan fingerprint density at radius 2 is 1.83 bits per heavy atom. The minimum Gasteiger partial charge on any atom is -0.271 e. The molecule has 1 aliphatic carbocycles. The molecule has 1 aromatic carbocycles. The molecule has 0 atom stereocenters. The lowest BCUT2D eigenvalue weighted by atomic mass is 10.1. The van der Waals surface area contributed by atoms with Crippen LogP contribution in [0.15, 0.2) is 24.3 Å². The van der Waals surface area contributed by atoms with E-state index in [1.54, 1.807) is 12.1 Å². The third-order valence-electron chi connectivity index (χ3n) is 2.42. The molecule has 0 heterocycles. The van der Waals surface area contributed by atoms with Crippen LogP contribution in [-0.2, 0) is 5.54 Å². The van der Waals surface area contributed by atoms with Crippen LogP contribution in [0.5, 0.6) is 0 Å². The molecule has 0 aromatic heterocycles. The molecule has 3 N–H and O–H groups in total. The average Bonchev–Trinajstić information content (AvgIpc) is 2.86. The highest BCUT2D eigenvalue weighted by Gasteiger charge is 2.43. The molecule has 0 bridgehead atoms. The predicted molar refractivity (Wildman–Crippen MR) is 44.6 cm³/mol. The number of hydrogen-bond donors (Lipinski definition) is 2. The summed E-state index contributed by atoms with van der Waals surface area (Å²) in [5.41, 5.74) is 3.78. The van der Waals surface area contributed by atoms with Crippen molar-refractivity contribution < 1.29 is 4.39 Å². The summed E-state index contributed by atoms with van der Waals surface area (Å²) in [5, 5.41) is 0. The first-order valence-corrected chi connectivity index (χ1v) is 4.01. The molecule has 64 valence electrons. The zero-order valence-corrected chi connectivity index (χ0v) is 6.68. The molecule has 0 radical (unpaired) electrons. The van der Waals surface area contributed by atoms with Gasteiger partial charge >= 0.3 is 0 Å². The van der Waals surface area contributed by atoms with Crippen molar-refractivity contribution in [2.45, 2.75) is 18.4 Å². The quantitative estimate of drug-likeness (QED) is 0.513. The van der Waals surface area contributed by atoms with Crippen molar-refractivity contribution in [2.75, 3.05) is 0 Å². The Morgan fingerprint density at radius 3 is 2.25 bits per heavy atom. The highest BCUT2D eigenvalue weighted by molar-refractivity contribution is 5.29. The van der Waals surface area contributed by atoms with Crippen molar-refractivity contribution in [3.05, 3.63) is 35.6 Å². The van der Waals surface area contributed by atoms with Gasteiger partial charge in [-0.25, -0.2) is 9.82 Å². The van der Waals surface area contributed by atoms with E-state index < -0.39 is 0 Å². The van der Waals surface area contributed by atoms with Crippen LogP contribution in [-0.4, -0.2) is 0 Å². The fraction of sp³-hybridized carbons (Fsp3) is 0.333. The van der Waals surface area contributed by atoms with E-state index in [-0.39, 0.29) is 11.4 Å². The summed E-state index contributed by atoms with van der Waals surface area (Å²) in [6.07, 6.45) is 2.07. The molecule has 12 heavy (non-hydrogen) atoms. The third-order valence-corrected chi connectivity index (χ3v) is 2.42. The molecular weight excluding hydrogens is 155 g/mol. The maximum Gasteiger partial charge on any atom is 0.123 e. The van der Waals surface area contributed by atoms with Crippen molar-refractivity contribution in [3.63, 3.8) is 0 Å². The lowest BCUT2D eigenvalue weighted by Crippen LogP contribution is -2.34. The Balaban J connectivity index is 2.29. The normalized spacial score (nSPS) is 19.2. The smallest absolute Gasteiger partial charge is 0.123 e. The fourth-order valence-electron chi connectivity index (χ4n) is 1.41. The maximum absolute atomic E-state index is 12.5. The Bertz CT molecular complexity index is 277. The number of nitrogens with two attached hydrogens (primary N) is 1. The second-order valence-corrected chi connectivity index (χ2v) is 3.23. The van der Waals surface area contributed by atoms with Crippen LogP contribution in [0.4, 0.5) is 4.39 Å². The molecule has 1 aliphatic rings. The monoisotopic (exact) mass is 166 g/mol. The second kappa shape index (κ2) is 2.54. The van der Waals surface area contributed by atoms with E-state index in [0.29, 0.717) is 0 Å². The summed E-state index contributed by atoms with van der Waals surface area (Å²) >= 11 is 0. The van der Waals surface area contributed by atoms with E-state index in [1.807, 2.05) is 0 Å². The molecule has 0 saturated heterocycles. The Kier molecular flexibility index (Phi) is 1.63. The molecule has 2 rings (SSSR count). The molecule has 0 aliphatic heterocycles. The van der Waals surface area contributed by atoms with Crippen LogP contribution >= 0.6 is 0 Å². The summed E-state index contributed by atoms with van der Waals surface area (Å²) < 4.78 is 12.5. The van der Waals surface area contributed by atoms with Crippen molar-refractivity contribution in [3.8, 4) is 0 Å². The average molecular weight is 166 g/mol. The van der Waals surface area contributed by atoms with Crippen LogP contribution < -0.4 is 11.3 Å². The van der Waals surface area contributed by atoms with Gasteiger partial charge in [0.05, 0.1) is 5.54 Å². The first-order chi connectivity index (χ1) is 5.77. The van der Waals surface area contributed by atoms with Crippen molar-refractivity contribution in [1.82, 2.24) is 5.43 Å². The molecule has 1 aromatic rings. The largest absolute Gasteiger partial charge is 0.271 e. The zero-order valence-electron chi connectivity index (χ0n) is 6.68. The predicted octanol–water partition coefficient (Wildman–Crippen LogP) is 1.28. The van der Waals surface area contributed by atoms with Gasteiger partial charge in [0.25, 0.3) is 0 Å². The number of benzene rings is 1.